The Kier molecular flexibility index (Phi) is 53.9. The first kappa shape index (κ1) is 105. The average Bonchev–Trinajstić information content (AvgIpc) is 1.41. The van der Waals surface area contributed by atoms with Gasteiger partial charge in [0.25, 0.3) is 0 Å². The van der Waals surface area contributed by atoms with E-state index in [4.69, 9.17) is 51.7 Å². The lowest BCUT2D eigenvalue weighted by atomic mass is 9.83. The highest BCUT2D eigenvalue weighted by Gasteiger charge is 2.45. The summed E-state index contributed by atoms with van der Waals surface area (Å²) in [6.07, 6.45) is 6.04. The molecule has 0 aromatic carbocycles. The first-order valence-electron chi connectivity index (χ1n) is 43.2. The van der Waals surface area contributed by atoms with Crippen LogP contribution in [0.15, 0.2) is 0 Å². The van der Waals surface area contributed by atoms with E-state index in [1.54, 1.807) is 20.8 Å². The molecule has 0 spiro atoms. The topological polar surface area (TPSA) is 465 Å². The summed E-state index contributed by atoms with van der Waals surface area (Å²) in [5.41, 5.74) is -1.09. The number of rotatable bonds is 69. The molecule has 4 heterocycles. The number of carbonyl (C=O) groups excluding carboxylic acids is 8. The molecule has 32 nitrogen and oxygen atoms in total. The van der Waals surface area contributed by atoms with Crippen LogP contribution in [0.4, 0.5) is 0 Å². The summed E-state index contributed by atoms with van der Waals surface area (Å²) in [6, 6.07) is -0.137. The normalized spacial score (nSPS) is 26.6. The van der Waals surface area contributed by atoms with Gasteiger partial charge in [0.1, 0.15) is 65.5 Å². The molecule has 11 N–H and O–H groups in total. The van der Waals surface area contributed by atoms with Crippen molar-refractivity contribution in [2.45, 2.75) is 332 Å². The number of carbonyl (C=O) groups is 8. The molecule has 0 aromatic rings. The van der Waals surface area contributed by atoms with E-state index >= 15 is 0 Å². The summed E-state index contributed by atoms with van der Waals surface area (Å²) < 4.78 is 75.8. The Morgan fingerprint density at radius 2 is 0.741 bits per heavy atom. The molecule has 4 aliphatic heterocycles. The maximum Gasteiger partial charge on any atom is 0.327 e. The highest BCUT2D eigenvalue weighted by Crippen LogP contribution is 2.44. The van der Waals surface area contributed by atoms with Gasteiger partial charge >= 0.3 is 7.60 Å². The van der Waals surface area contributed by atoms with Gasteiger partial charge in [-0.1, -0.05) is 79.1 Å². The summed E-state index contributed by atoms with van der Waals surface area (Å²) in [4.78, 5) is 107. The molecule has 4 saturated heterocycles. The summed E-state index contributed by atoms with van der Waals surface area (Å²) in [5.74, 6) is -1.55. The summed E-state index contributed by atoms with van der Waals surface area (Å²) in [5, 5.41) is 95.5. The second-order valence-corrected chi connectivity index (χ2v) is 34.9. The number of hydrogen-bond acceptors (Lipinski definition) is 29. The monoisotopic (exact) mass is 1680 g/mol. The highest BCUT2D eigenvalue weighted by atomic mass is 31.2. The van der Waals surface area contributed by atoms with Gasteiger partial charge in [-0.25, -0.2) is 0 Å². The Morgan fingerprint density at radius 3 is 1.13 bits per heavy atom. The fraction of sp³-hybridized carbons (Fsp3) is 0.904. The zero-order valence-corrected chi connectivity index (χ0v) is 71.4. The van der Waals surface area contributed by atoms with Crippen LogP contribution in [0, 0.1) is 29.1 Å². The van der Waals surface area contributed by atoms with Crippen LogP contribution in [0.1, 0.15) is 252 Å². The third-order valence-electron chi connectivity index (χ3n) is 22.4. The van der Waals surface area contributed by atoms with E-state index in [0.717, 1.165) is 51.4 Å². The van der Waals surface area contributed by atoms with Crippen LogP contribution in [0.5, 0.6) is 0 Å². The minimum atomic E-state index is -3.17. The van der Waals surface area contributed by atoms with E-state index in [0.29, 0.717) is 141 Å². The van der Waals surface area contributed by atoms with Crippen LogP contribution in [0.2, 0.25) is 0 Å². The zero-order valence-electron chi connectivity index (χ0n) is 70.5. The minimum absolute atomic E-state index is 0.0130. The minimum Gasteiger partial charge on any atom is -0.394 e. The molecule has 33 heteroatoms. The van der Waals surface area contributed by atoms with Gasteiger partial charge in [0.2, 0.25) is 17.7 Å². The van der Waals surface area contributed by atoms with E-state index in [-0.39, 0.29) is 177 Å². The molecule has 0 aromatic heterocycles. The summed E-state index contributed by atoms with van der Waals surface area (Å²) in [6.45, 7) is 9.27. The first-order valence-corrected chi connectivity index (χ1v) is 45.2. The lowest BCUT2D eigenvalue weighted by molar-refractivity contribution is -0.282. The van der Waals surface area contributed by atoms with Gasteiger partial charge in [-0.3, -0.25) is 42.9 Å². The van der Waals surface area contributed by atoms with Gasteiger partial charge in [-0.2, -0.15) is 0 Å². The standard InChI is InChI=1S/C83H148N3O29P/c1-58-48-62(54-112-116(6,104)105-5)86(50-58)73(97)36-20-12-10-8-7-9-11-15-34-67(94)49-83(55-106-45-37-65(92)30-18-13-16-28-63(90)32-21-24-42-109-80-59(2)74(98)77(101)68(51-87)113-80,56-107-46-38-66(93)31-19-14-17-29-64(91)33-22-25-43-110-81-60(3)75(99)78(102)69(52-88)114-81)57-108-47-39-72(96)85-41-27-40-84-71(95)35-23-26-44-111-82-61(4)76(100)79(103)70(53-89)115-82/h58-62,68-70,74-82,87-89,98-103H,7-57H2,1-6H3,(H,84,95)(H,85,96)/t58-,59?,60?,61?,62+,68?,69?,70?,74?,75?,76?,77?,78?,79?,80?,81?,82?,83?,116?/m1/s1. The Bertz CT molecular complexity index is 2600. The van der Waals surface area contributed by atoms with Crippen LogP contribution in [-0.4, -0.2) is 297 Å². The molecule has 16 unspecified atom stereocenters. The van der Waals surface area contributed by atoms with Crippen molar-refractivity contribution in [1.29, 1.82) is 0 Å². The fourth-order valence-corrected chi connectivity index (χ4v) is 15.4. The van der Waals surface area contributed by atoms with Crippen molar-refractivity contribution in [2.24, 2.45) is 29.1 Å². The number of aliphatic hydroxyl groups excluding tert-OH is 9. The molecule has 4 fully saturated rings. The molecule has 4 rings (SSSR count). The van der Waals surface area contributed by atoms with E-state index in [9.17, 15) is 88.9 Å². The van der Waals surface area contributed by atoms with Crippen molar-refractivity contribution < 1.29 is 141 Å². The van der Waals surface area contributed by atoms with Gasteiger partial charge in [0.15, 0.2) is 18.9 Å². The molecule has 0 radical (unpaired) electrons. The first-order chi connectivity index (χ1) is 55.6. The van der Waals surface area contributed by atoms with Crippen molar-refractivity contribution in [3.63, 3.8) is 0 Å². The maximum absolute atomic E-state index is 14.2. The number of aliphatic hydroxyl groups is 9. The van der Waals surface area contributed by atoms with Gasteiger partial charge in [0, 0.05) is 160 Å². The number of nitrogens with one attached hydrogen (secondary N) is 2. The van der Waals surface area contributed by atoms with Crippen molar-refractivity contribution >= 4 is 54.2 Å². The molecule has 3 amide bonds. The van der Waals surface area contributed by atoms with E-state index in [1.807, 2.05) is 4.90 Å². The molecule has 4 aliphatic rings. The third kappa shape index (κ3) is 41.8. The molecule has 674 valence electrons. The Hall–Kier alpha value is -3.81. The fourth-order valence-electron chi connectivity index (χ4n) is 14.8. The smallest absolute Gasteiger partial charge is 0.327 e. The van der Waals surface area contributed by atoms with Crippen molar-refractivity contribution in [2.75, 3.05) is 119 Å². The van der Waals surface area contributed by atoms with Crippen molar-refractivity contribution in [3.8, 4) is 0 Å². The molecular weight excluding hydrogens is 1530 g/mol. The molecule has 0 aliphatic carbocycles. The van der Waals surface area contributed by atoms with Gasteiger partial charge < -0.3 is 113 Å². The number of nitrogens with zero attached hydrogens (tertiary/aromatic N) is 1. The molecule has 18 atom stereocenters. The van der Waals surface area contributed by atoms with Crippen LogP contribution < -0.4 is 10.6 Å². The number of unbranched alkanes of at least 4 members (excludes halogenated alkanes) is 14. The van der Waals surface area contributed by atoms with E-state index < -0.39 is 124 Å². The molecule has 0 bridgehead atoms. The average molecular weight is 1680 g/mol. The highest BCUT2D eigenvalue weighted by molar-refractivity contribution is 7.52. The Balaban J connectivity index is 1.28. The van der Waals surface area contributed by atoms with Crippen LogP contribution >= 0.6 is 7.60 Å². The van der Waals surface area contributed by atoms with E-state index in [1.165, 1.54) is 13.8 Å². The molecule has 116 heavy (non-hydrogen) atoms. The Morgan fingerprint density at radius 1 is 0.414 bits per heavy atom. The maximum atomic E-state index is 14.2. The number of ketones is 5. The van der Waals surface area contributed by atoms with E-state index in [2.05, 4.69) is 17.6 Å². The molecule has 0 saturated carbocycles. The van der Waals surface area contributed by atoms with Crippen LogP contribution in [-0.2, 0) is 94.6 Å². The lowest BCUT2D eigenvalue weighted by Crippen LogP contribution is -2.55. The summed E-state index contributed by atoms with van der Waals surface area (Å²) >= 11 is 0. The number of likely N-dealkylation sites (tertiary alicyclic amines) is 1. The van der Waals surface area contributed by atoms with Crippen molar-refractivity contribution in [3.05, 3.63) is 0 Å². The zero-order chi connectivity index (χ0) is 85.3. The van der Waals surface area contributed by atoms with Crippen LogP contribution in [0.3, 0.4) is 0 Å². The number of ether oxygens (including phenoxy) is 9. The predicted octanol–water partition coefficient (Wildman–Crippen LogP) is 6.36. The van der Waals surface area contributed by atoms with Crippen molar-refractivity contribution in [1.82, 2.24) is 15.5 Å². The summed E-state index contributed by atoms with van der Waals surface area (Å²) in [7, 11) is -1.83. The van der Waals surface area contributed by atoms with Gasteiger partial charge in [-0.05, 0) is 95.8 Å². The second kappa shape index (κ2) is 59.9. The molecular formula is C83H148N3O29P. The number of amides is 3. The number of hydrogen-bond donors (Lipinski definition) is 11. The quantitative estimate of drug-likeness (QED) is 0.0233. The number of Topliss-reactive ketones (excluding diaryl/α,β-unsaturated/α-hetero) is 5. The second-order valence-electron chi connectivity index (χ2n) is 32.8. The van der Waals surface area contributed by atoms with Crippen LogP contribution in [0.25, 0.3) is 0 Å². The largest absolute Gasteiger partial charge is 0.394 e. The van der Waals surface area contributed by atoms with Gasteiger partial charge in [-0.15, -0.1) is 0 Å². The predicted molar refractivity (Wildman–Crippen MR) is 427 cm³/mol. The Labute approximate surface area is 688 Å². The van der Waals surface area contributed by atoms with Gasteiger partial charge in [0.05, 0.1) is 90.4 Å². The lowest BCUT2D eigenvalue weighted by Gasteiger charge is -2.40. The third-order valence-corrected chi connectivity index (χ3v) is 23.7. The SMILES string of the molecule is COP(C)(=O)OC[C@@H]1C[C@@H](C)CN1C(=O)CCCCCCCCCCC(=O)CC(COCCC(=O)CCCCCC(=O)CCCCOC1OC(CO)C(O)C(O)C1C)(COCCC(=O)CCCCCC(=O)CCCCOC1OC(CO)C(O)C(O)C1C)COCCC(=O)NCCCNC(=O)CCCCOC1OC(CO)C(O)C(O)C1C.